The van der Waals surface area contributed by atoms with Gasteiger partial charge in [-0.3, -0.25) is 0 Å². The second-order valence-corrected chi connectivity index (χ2v) is 8.70. The predicted molar refractivity (Wildman–Crippen MR) is 156 cm³/mol. The van der Waals surface area contributed by atoms with E-state index < -0.39 is 0 Å². The Labute approximate surface area is 229 Å². The van der Waals surface area contributed by atoms with Crippen molar-refractivity contribution in [3.05, 3.63) is 60.2 Å². The third kappa shape index (κ3) is 4.54. The van der Waals surface area contributed by atoms with Crippen LogP contribution in [0.5, 0.6) is 40.2 Å². The van der Waals surface area contributed by atoms with E-state index in [-0.39, 0.29) is 0 Å². The molecule has 0 unspecified atom stereocenters. The van der Waals surface area contributed by atoms with Gasteiger partial charge in [-0.2, -0.15) is 0 Å². The molecule has 0 amide bonds. The summed E-state index contributed by atoms with van der Waals surface area (Å²) in [6.45, 7) is 6.13. The van der Waals surface area contributed by atoms with Crippen LogP contribution >= 0.6 is 0 Å². The Morgan fingerprint density at radius 1 is 0.538 bits per heavy atom. The number of ether oxygens (including phenoxy) is 7. The zero-order valence-electron chi connectivity index (χ0n) is 23.7. The Kier molecular flexibility index (Phi) is 8.10. The normalized spacial score (nSPS) is 10.7. The zero-order chi connectivity index (χ0) is 28.3. The molecule has 0 aliphatic carbocycles. The van der Waals surface area contributed by atoms with Crippen LogP contribution in [0.15, 0.2) is 49.0 Å². The number of fused-ring (bicyclic) bond motifs is 1. The summed E-state index contributed by atoms with van der Waals surface area (Å²) >= 11 is 0. The van der Waals surface area contributed by atoms with E-state index in [4.69, 9.17) is 33.2 Å². The molecule has 0 spiro atoms. The number of methoxy groups -OCH3 is 7. The fourth-order valence-corrected chi connectivity index (χ4v) is 5.12. The van der Waals surface area contributed by atoms with Gasteiger partial charge in [0, 0.05) is 11.1 Å². The Hall–Kier alpha value is -4.52. The first-order valence-electron chi connectivity index (χ1n) is 12.3. The molecule has 0 radical (unpaired) electrons. The highest BCUT2D eigenvalue weighted by Crippen LogP contribution is 2.50. The summed E-state index contributed by atoms with van der Waals surface area (Å²) in [5, 5.41) is 1.97. The molecule has 0 aromatic heterocycles. The van der Waals surface area contributed by atoms with Crippen molar-refractivity contribution in [2.45, 2.75) is 6.92 Å². The molecule has 0 heterocycles. The standard InChI is InChI=1S/C32H34O7/c1-10-20-22(13-14-25(33-3)30(20)37-7)21-11-12-23-24(18(21)2)17-28(36-6)32(39-9)29(23)19-15-26(34-4)31(38-8)27(16-19)35-5/h10-17H,1H2,2-9H3. The van der Waals surface area contributed by atoms with E-state index in [1.807, 2.05) is 30.3 Å². The smallest absolute Gasteiger partial charge is 0.203 e. The van der Waals surface area contributed by atoms with Crippen LogP contribution in [0, 0.1) is 6.92 Å². The molecule has 39 heavy (non-hydrogen) atoms. The maximum Gasteiger partial charge on any atom is 0.203 e. The third-order valence-corrected chi connectivity index (χ3v) is 6.97. The van der Waals surface area contributed by atoms with Crippen molar-refractivity contribution in [3.63, 3.8) is 0 Å². The average molecular weight is 531 g/mol. The van der Waals surface area contributed by atoms with Gasteiger partial charge in [-0.1, -0.05) is 24.8 Å². The molecule has 0 atom stereocenters. The molecule has 0 saturated heterocycles. The second kappa shape index (κ2) is 11.5. The fourth-order valence-electron chi connectivity index (χ4n) is 5.12. The molecule has 4 aromatic carbocycles. The highest BCUT2D eigenvalue weighted by atomic mass is 16.5. The van der Waals surface area contributed by atoms with Gasteiger partial charge in [0.2, 0.25) is 5.75 Å². The zero-order valence-corrected chi connectivity index (χ0v) is 23.7. The first kappa shape index (κ1) is 27.5. The summed E-state index contributed by atoms with van der Waals surface area (Å²) in [7, 11) is 11.3. The molecule has 0 saturated carbocycles. The maximum absolute atomic E-state index is 5.90. The summed E-state index contributed by atoms with van der Waals surface area (Å²) in [5.74, 6) is 4.08. The lowest BCUT2D eigenvalue weighted by Gasteiger charge is -2.21. The molecular weight excluding hydrogens is 496 g/mol. The van der Waals surface area contributed by atoms with E-state index in [2.05, 4.69) is 25.6 Å². The van der Waals surface area contributed by atoms with Crippen LogP contribution in [0.4, 0.5) is 0 Å². The molecule has 0 N–H and O–H groups in total. The molecule has 4 aromatic rings. The predicted octanol–water partition coefficient (Wildman–Crippen LogP) is 7.19. The van der Waals surface area contributed by atoms with E-state index >= 15 is 0 Å². The van der Waals surface area contributed by atoms with E-state index in [0.717, 1.165) is 44.2 Å². The molecule has 4 rings (SSSR count). The van der Waals surface area contributed by atoms with E-state index in [1.54, 1.807) is 55.8 Å². The van der Waals surface area contributed by atoms with Crippen molar-refractivity contribution in [2.24, 2.45) is 0 Å². The maximum atomic E-state index is 5.90. The Morgan fingerprint density at radius 2 is 1.08 bits per heavy atom. The van der Waals surface area contributed by atoms with Gasteiger partial charge in [0.15, 0.2) is 34.5 Å². The van der Waals surface area contributed by atoms with Crippen molar-refractivity contribution >= 4 is 16.8 Å². The van der Waals surface area contributed by atoms with Gasteiger partial charge in [0.1, 0.15) is 0 Å². The van der Waals surface area contributed by atoms with Crippen molar-refractivity contribution < 1.29 is 33.2 Å². The van der Waals surface area contributed by atoms with E-state index in [9.17, 15) is 0 Å². The van der Waals surface area contributed by atoms with Crippen LogP contribution in [-0.4, -0.2) is 49.8 Å². The number of rotatable bonds is 10. The molecule has 7 heteroatoms. The molecular formula is C32H34O7. The second-order valence-electron chi connectivity index (χ2n) is 8.70. The molecule has 0 fully saturated rings. The molecule has 0 aliphatic rings. The van der Waals surface area contributed by atoms with Crippen LogP contribution < -0.4 is 33.2 Å². The summed E-state index contributed by atoms with van der Waals surface area (Å²) in [5.41, 5.74) is 5.59. The monoisotopic (exact) mass is 530 g/mol. The number of aryl methyl sites for hydroxylation is 1. The highest BCUT2D eigenvalue weighted by molar-refractivity contribution is 6.06. The molecule has 0 aliphatic heterocycles. The van der Waals surface area contributed by atoms with Gasteiger partial charge in [0.05, 0.1) is 49.8 Å². The topological polar surface area (TPSA) is 64.6 Å². The van der Waals surface area contributed by atoms with Crippen molar-refractivity contribution in [1.29, 1.82) is 0 Å². The lowest BCUT2D eigenvalue weighted by Crippen LogP contribution is -2.00. The summed E-state index contributed by atoms with van der Waals surface area (Å²) < 4.78 is 39.7. The van der Waals surface area contributed by atoms with Gasteiger partial charge in [-0.15, -0.1) is 0 Å². The SMILES string of the molecule is C=Cc1c(-c2ccc3c(-c4cc(OC)c(OC)c(OC)c4)c(OC)c(OC)cc3c2C)ccc(OC)c1OC. The minimum atomic E-state index is 0.513. The van der Waals surface area contributed by atoms with Crippen molar-refractivity contribution in [1.82, 2.24) is 0 Å². The minimum absolute atomic E-state index is 0.513. The minimum Gasteiger partial charge on any atom is -0.493 e. The number of benzene rings is 4. The lowest BCUT2D eigenvalue weighted by atomic mass is 9.88. The Balaban J connectivity index is 2.09. The summed E-state index contributed by atoms with van der Waals surface area (Å²) in [6.07, 6.45) is 1.79. The van der Waals surface area contributed by atoms with Crippen LogP contribution in [0.3, 0.4) is 0 Å². The lowest BCUT2D eigenvalue weighted by molar-refractivity contribution is 0.324. The number of hydrogen-bond donors (Lipinski definition) is 0. The summed E-state index contributed by atoms with van der Waals surface area (Å²) in [6, 6.07) is 13.9. The van der Waals surface area contributed by atoms with Crippen LogP contribution in [0.25, 0.3) is 39.1 Å². The van der Waals surface area contributed by atoms with Gasteiger partial charge < -0.3 is 33.2 Å². The molecule has 7 nitrogen and oxygen atoms in total. The first-order valence-corrected chi connectivity index (χ1v) is 12.3. The quantitative estimate of drug-likeness (QED) is 0.215. The van der Waals surface area contributed by atoms with E-state index in [1.165, 1.54) is 0 Å². The Morgan fingerprint density at radius 3 is 1.59 bits per heavy atom. The van der Waals surface area contributed by atoms with Gasteiger partial charge in [-0.25, -0.2) is 0 Å². The first-order chi connectivity index (χ1) is 18.9. The molecule has 0 bridgehead atoms. The Bertz CT molecular complexity index is 1510. The van der Waals surface area contributed by atoms with Crippen molar-refractivity contribution in [2.75, 3.05) is 49.8 Å². The highest BCUT2D eigenvalue weighted by Gasteiger charge is 2.23. The van der Waals surface area contributed by atoms with Crippen molar-refractivity contribution in [3.8, 4) is 62.5 Å². The van der Waals surface area contributed by atoms with Gasteiger partial charge in [0.25, 0.3) is 0 Å². The van der Waals surface area contributed by atoms with Gasteiger partial charge in [-0.05, 0) is 70.3 Å². The fraction of sp³-hybridized carbons (Fsp3) is 0.250. The summed E-state index contributed by atoms with van der Waals surface area (Å²) in [4.78, 5) is 0. The van der Waals surface area contributed by atoms with Gasteiger partial charge >= 0.3 is 0 Å². The van der Waals surface area contributed by atoms with Crippen LogP contribution in [0.1, 0.15) is 11.1 Å². The van der Waals surface area contributed by atoms with E-state index in [0.29, 0.717) is 40.2 Å². The van der Waals surface area contributed by atoms with Crippen LogP contribution in [-0.2, 0) is 0 Å². The average Bonchev–Trinajstić information content (AvgIpc) is 2.98. The largest absolute Gasteiger partial charge is 0.493 e. The number of hydrogen-bond acceptors (Lipinski definition) is 7. The van der Waals surface area contributed by atoms with Crippen LogP contribution in [0.2, 0.25) is 0 Å². The molecule has 204 valence electrons. The third-order valence-electron chi connectivity index (χ3n) is 6.97.